The van der Waals surface area contributed by atoms with Gasteiger partial charge in [0.05, 0.1) is 63.9 Å². The number of hydrogen-bond acceptors (Lipinski definition) is 23. The number of halogens is 6. The van der Waals surface area contributed by atoms with Crippen LogP contribution < -0.4 is 14.2 Å². The van der Waals surface area contributed by atoms with Gasteiger partial charge in [-0.05, 0) is 116 Å². The van der Waals surface area contributed by atoms with Crippen LogP contribution in [0.4, 0.5) is 26.3 Å². The Balaban J connectivity index is 0.000000191. The first kappa shape index (κ1) is 69.9. The zero-order valence-electron chi connectivity index (χ0n) is 46.5. The second-order valence-electron chi connectivity index (χ2n) is 21.9. The van der Waals surface area contributed by atoms with Gasteiger partial charge in [-0.15, -0.1) is 0 Å². The fourth-order valence-corrected chi connectivity index (χ4v) is 12.1. The Labute approximate surface area is 509 Å². The highest BCUT2D eigenvalue weighted by Crippen LogP contribution is 2.58. The summed E-state index contributed by atoms with van der Waals surface area (Å²) in [6.45, 7) is -5.81. The average molecular weight is 1310 g/mol. The minimum Gasteiger partial charge on any atom is -0.743 e. The van der Waals surface area contributed by atoms with Gasteiger partial charge in [0.1, 0.15) is 23.4 Å². The molecule has 23 nitrogen and oxygen atoms in total. The van der Waals surface area contributed by atoms with Gasteiger partial charge in [0, 0.05) is 5.92 Å². The summed E-state index contributed by atoms with van der Waals surface area (Å²) in [7, 11) is -1.13. The minimum absolute atomic E-state index is 0.00115. The fraction of sp³-hybridized carbons (Fsp3) is 0.537. The highest BCUT2D eigenvalue weighted by atomic mass is 32.2. The first-order valence-electron chi connectivity index (χ1n) is 27.3. The molecule has 6 aliphatic rings. The van der Waals surface area contributed by atoms with Gasteiger partial charge in [0.2, 0.25) is 0 Å². The van der Waals surface area contributed by atoms with Crippen LogP contribution in [0.25, 0.3) is 0 Å². The van der Waals surface area contributed by atoms with Gasteiger partial charge in [0.15, 0.2) is 50.2 Å². The molecule has 35 heteroatoms. The number of ether oxygens (including phenoxy) is 7. The zero-order chi connectivity index (χ0) is 65.8. The summed E-state index contributed by atoms with van der Waals surface area (Å²) in [4.78, 5) is 85.8. The molecule has 478 valence electrons. The van der Waals surface area contributed by atoms with Crippen LogP contribution in [-0.2, 0) is 87.4 Å². The fourth-order valence-electron chi connectivity index (χ4n) is 11.5. The number of hydrogen-bond donors (Lipinski definition) is 0. The zero-order valence-corrected chi connectivity index (χ0v) is 49.0. The van der Waals surface area contributed by atoms with Crippen molar-refractivity contribution in [2.45, 2.75) is 111 Å². The van der Waals surface area contributed by atoms with Crippen LogP contribution in [0.15, 0.2) is 54.6 Å². The monoisotopic (exact) mass is 1310 g/mol. The summed E-state index contributed by atoms with van der Waals surface area (Å²) >= 11 is 0. The van der Waals surface area contributed by atoms with Gasteiger partial charge in [-0.2, -0.15) is 26.3 Å². The van der Waals surface area contributed by atoms with Crippen molar-refractivity contribution < 1.29 is 132 Å². The normalized spacial score (nSPS) is 23.0. The quantitative estimate of drug-likeness (QED) is 0.0342. The minimum atomic E-state index is -6.02. The Morgan fingerprint density at radius 2 is 0.921 bits per heavy atom. The van der Waals surface area contributed by atoms with Gasteiger partial charge in [-0.3, -0.25) is 19.2 Å². The van der Waals surface area contributed by atoms with Gasteiger partial charge in [-0.25, -0.2) is 39.6 Å². The maximum Gasteiger partial charge on any atom is 0.367 e. The third-order valence-corrected chi connectivity index (χ3v) is 18.7. The lowest BCUT2D eigenvalue weighted by atomic mass is 9.80. The molecular formula is C54H52B3F6O23S3-3. The Kier molecular flexibility index (Phi) is 21.9. The predicted molar refractivity (Wildman–Crippen MR) is 288 cm³/mol. The summed E-state index contributed by atoms with van der Waals surface area (Å²) in [6, 6.07) is 10.9. The molecule has 4 bridgehead atoms. The molecule has 1 heterocycles. The summed E-state index contributed by atoms with van der Waals surface area (Å²) < 4.78 is 208. The van der Waals surface area contributed by atoms with Crippen LogP contribution in [0.1, 0.15) is 118 Å². The highest BCUT2D eigenvalue weighted by Gasteiger charge is 2.64. The molecule has 1 aliphatic heterocycles. The Hall–Kier alpha value is -6.55. The summed E-state index contributed by atoms with van der Waals surface area (Å²) in [6.07, 6.45) is 9.05. The Bertz CT molecular complexity index is 3570. The molecule has 9 rings (SSSR count). The molecule has 3 aromatic carbocycles. The topological polar surface area (TPSA) is 356 Å². The number of carbonyl (C=O) groups excluding carboxylic acids is 7. The molecule has 5 aliphatic carbocycles. The molecule has 3 aromatic rings. The third kappa shape index (κ3) is 16.5. The van der Waals surface area contributed by atoms with Crippen molar-refractivity contribution in [3.63, 3.8) is 0 Å². The lowest BCUT2D eigenvalue weighted by Crippen LogP contribution is -2.35. The first-order valence-corrected chi connectivity index (χ1v) is 31.6. The second kappa shape index (κ2) is 27.9. The van der Waals surface area contributed by atoms with Crippen LogP contribution in [0.3, 0.4) is 0 Å². The van der Waals surface area contributed by atoms with E-state index in [9.17, 15) is 98.8 Å². The Morgan fingerprint density at radius 3 is 1.29 bits per heavy atom. The number of rotatable bonds is 21. The molecule has 1 saturated heterocycles. The third-order valence-electron chi connectivity index (χ3n) is 16.1. The predicted octanol–water partition coefficient (Wildman–Crippen LogP) is 4.88. The van der Waals surface area contributed by atoms with Crippen molar-refractivity contribution >= 4 is 95.7 Å². The van der Waals surface area contributed by atoms with Crippen molar-refractivity contribution in [3.8, 4) is 17.2 Å². The molecule has 8 atom stereocenters. The van der Waals surface area contributed by atoms with E-state index in [0.717, 1.165) is 69.2 Å². The summed E-state index contributed by atoms with van der Waals surface area (Å²) in [5.74, 6) is -7.19. The van der Waals surface area contributed by atoms with Crippen molar-refractivity contribution in [1.82, 2.24) is 0 Å². The number of alkyl halides is 6. The molecule has 0 N–H and O–H groups in total. The summed E-state index contributed by atoms with van der Waals surface area (Å²) in [5, 5.41) is -14.3. The van der Waals surface area contributed by atoms with Crippen molar-refractivity contribution in [2.24, 2.45) is 47.3 Å². The maximum absolute atomic E-state index is 13.2. The van der Waals surface area contributed by atoms with Gasteiger partial charge in [0.25, 0.3) is 0 Å². The van der Waals surface area contributed by atoms with E-state index in [0.29, 0.717) is 48.3 Å². The Morgan fingerprint density at radius 1 is 0.517 bits per heavy atom. The van der Waals surface area contributed by atoms with Crippen LogP contribution in [0.5, 0.6) is 17.2 Å². The van der Waals surface area contributed by atoms with E-state index >= 15 is 0 Å². The second-order valence-corrected chi connectivity index (χ2v) is 26.4. The molecule has 6 radical (unpaired) electrons. The number of carbonyl (C=O) groups is 7. The summed E-state index contributed by atoms with van der Waals surface area (Å²) in [5.41, 5.74) is 0.299. The van der Waals surface area contributed by atoms with E-state index < -0.39 is 120 Å². The smallest absolute Gasteiger partial charge is 0.367 e. The molecule has 89 heavy (non-hydrogen) atoms. The van der Waals surface area contributed by atoms with Crippen molar-refractivity contribution in [3.05, 3.63) is 88.0 Å². The van der Waals surface area contributed by atoms with E-state index in [1.807, 2.05) is 0 Å². The van der Waals surface area contributed by atoms with Crippen LogP contribution in [-0.4, -0.2) is 146 Å². The van der Waals surface area contributed by atoms with Crippen molar-refractivity contribution in [1.29, 1.82) is 0 Å². The van der Waals surface area contributed by atoms with Crippen molar-refractivity contribution in [2.75, 3.05) is 19.8 Å². The van der Waals surface area contributed by atoms with Gasteiger partial charge in [-0.1, -0.05) is 62.8 Å². The molecule has 0 spiro atoms. The average Bonchev–Trinajstić information content (AvgIpc) is 1.57. The van der Waals surface area contributed by atoms with E-state index in [1.54, 1.807) is 0 Å². The first-order chi connectivity index (χ1) is 41.5. The molecule has 6 fully saturated rings. The number of benzene rings is 3. The molecule has 0 aromatic heterocycles. The van der Waals surface area contributed by atoms with Crippen LogP contribution >= 0.6 is 0 Å². The van der Waals surface area contributed by atoms with E-state index in [4.69, 9.17) is 42.5 Å². The van der Waals surface area contributed by atoms with E-state index in [2.05, 4.69) is 14.2 Å². The maximum atomic E-state index is 13.2. The molecule has 5 saturated carbocycles. The van der Waals surface area contributed by atoms with E-state index in [-0.39, 0.29) is 88.6 Å². The molecule has 8 unspecified atom stereocenters. The molecule has 0 amide bonds. The largest absolute Gasteiger partial charge is 0.743 e. The number of esters is 7. The van der Waals surface area contributed by atoms with Gasteiger partial charge >= 0.3 is 57.5 Å². The number of fused-ring (bicyclic) bond motifs is 3. The highest BCUT2D eigenvalue weighted by molar-refractivity contribution is 7.87. The lowest BCUT2D eigenvalue weighted by Gasteiger charge is -2.23. The van der Waals surface area contributed by atoms with Gasteiger partial charge < -0.3 is 46.8 Å². The molecular weight excluding hydrogens is 1260 g/mol. The SMILES string of the molecule is [B]Cc1ccc(C(=O)OCC(F)(F)S(=O)(=O)[O-])cc1OC(=O)C1C2CC3OC(=O)C1C3C2.[B]Cc1ccc(C(=O)OCC(F)(F)S(=O)(=O)[O-])cc1OC(=O)C1CC2CCC1C2.[B]Cc1ccc(C(=O)OCC(F)(F)S(=O)(=O)[O-])cc1OC(=O)C1CCCCC1. The lowest BCUT2D eigenvalue weighted by molar-refractivity contribution is -0.149. The van der Waals surface area contributed by atoms with E-state index in [1.165, 1.54) is 30.3 Å². The standard InChI is InChI=1S/C19H17BF2O9S.C18H19BF2O7S.C17H19BF2O7S/c20-6-9-2-1-8(16(23)29-7-19(21,22)32(26,27)28)4-12(9)30-17(24)14-10-3-11-13(5-10)31-18(25)15(11)14;19-8-13-4-3-12(16(22)27-9-18(20,21)29(24,25)26)7-15(13)28-17(23)14-6-10-1-2-11(14)5-10;18-9-13-7-6-12(15(21)26-10-17(19,20)28(23,24)25)8-14(13)27-16(22)11-4-2-1-3-5-11/h1-2,4,10-11,13-15H,3,5-7H2,(H,26,27,28);3-4,7,10-11,14H,1-2,5-6,8-9H2,(H,24,25,26);6-8,11H,1-5,9-10H2,(H,23,24,25)/p-3. The van der Waals surface area contributed by atoms with Crippen LogP contribution in [0.2, 0.25) is 0 Å². The van der Waals surface area contributed by atoms with Crippen LogP contribution in [0, 0.1) is 47.3 Å².